The number of nitrogens with one attached hydrogen (secondary N) is 1. The number of piperazine rings is 1. The summed E-state index contributed by atoms with van der Waals surface area (Å²) in [7, 11) is 0. The first-order chi connectivity index (χ1) is 12.6. The van der Waals surface area contributed by atoms with Crippen molar-refractivity contribution in [3.63, 3.8) is 0 Å². The van der Waals surface area contributed by atoms with E-state index in [1.54, 1.807) is 11.0 Å². The molecule has 2 unspecified atom stereocenters. The van der Waals surface area contributed by atoms with Crippen molar-refractivity contribution < 1.29 is 23.9 Å². The first-order valence-corrected chi connectivity index (χ1v) is 9.10. The fourth-order valence-electron chi connectivity index (χ4n) is 3.52. The number of hydrogen-bond acceptors (Lipinski definition) is 6. The van der Waals surface area contributed by atoms with E-state index < -0.39 is 17.7 Å². The molecule has 0 bridgehead atoms. The number of Topliss-reactive ketones (excluding diaryl/α,β-unsaturated/α-hetero) is 1. The van der Waals surface area contributed by atoms with Crippen LogP contribution < -0.4 is 5.32 Å². The number of carbonyl (C=O) groups is 3. The van der Waals surface area contributed by atoms with Gasteiger partial charge in [-0.15, -0.1) is 0 Å². The number of hydrogen-bond donors (Lipinski definition) is 1. The minimum absolute atomic E-state index is 0.0365. The summed E-state index contributed by atoms with van der Waals surface area (Å²) in [5, 5.41) is 3.34. The van der Waals surface area contributed by atoms with Crippen LogP contribution in [0.1, 0.15) is 60.8 Å². The standard InChI is InChI=1S/C20H26N2O5/c1-11-13(6-7-14-15(11)10-26-18(14)24)17-9-22(8-16(21-17)12(2)23)19(25)27-20(3,4)5/h6-7,16-17,21H,8-10H2,1-5H3. The molecule has 146 valence electrons. The number of rotatable bonds is 2. The van der Waals surface area contributed by atoms with E-state index in [1.165, 1.54) is 6.92 Å². The maximum Gasteiger partial charge on any atom is 0.410 e. The number of esters is 1. The lowest BCUT2D eigenvalue weighted by atomic mass is 9.92. The van der Waals surface area contributed by atoms with Crippen LogP contribution in [-0.4, -0.2) is 47.5 Å². The third-order valence-corrected chi connectivity index (χ3v) is 4.93. The van der Waals surface area contributed by atoms with Crippen molar-refractivity contribution in [2.24, 2.45) is 0 Å². The maximum absolute atomic E-state index is 12.6. The highest BCUT2D eigenvalue weighted by Gasteiger charge is 2.36. The summed E-state index contributed by atoms with van der Waals surface area (Å²) in [4.78, 5) is 38.0. The predicted molar refractivity (Wildman–Crippen MR) is 98.5 cm³/mol. The molecule has 0 aliphatic carbocycles. The fourth-order valence-corrected chi connectivity index (χ4v) is 3.52. The van der Waals surface area contributed by atoms with Gasteiger partial charge in [0.1, 0.15) is 18.0 Å². The van der Waals surface area contributed by atoms with Crippen molar-refractivity contribution >= 4 is 17.8 Å². The molecule has 0 saturated carbocycles. The second-order valence-electron chi connectivity index (χ2n) is 8.15. The molecule has 0 radical (unpaired) electrons. The molecule has 1 fully saturated rings. The molecule has 27 heavy (non-hydrogen) atoms. The van der Waals surface area contributed by atoms with Crippen LogP contribution in [0, 0.1) is 6.92 Å². The zero-order chi connectivity index (χ0) is 19.9. The third kappa shape index (κ3) is 3.98. The molecule has 1 amide bonds. The molecule has 0 aromatic heterocycles. The molecule has 7 heteroatoms. The molecule has 1 N–H and O–H groups in total. The Balaban J connectivity index is 1.89. The van der Waals surface area contributed by atoms with Gasteiger partial charge in [0.2, 0.25) is 0 Å². The number of ether oxygens (including phenoxy) is 2. The van der Waals surface area contributed by atoms with Gasteiger partial charge >= 0.3 is 12.1 Å². The van der Waals surface area contributed by atoms with Crippen LogP contribution in [0.15, 0.2) is 12.1 Å². The second kappa shape index (κ2) is 6.96. The number of fused-ring (bicyclic) bond motifs is 1. The highest BCUT2D eigenvalue weighted by Crippen LogP contribution is 2.31. The van der Waals surface area contributed by atoms with Gasteiger partial charge in [0.05, 0.1) is 17.6 Å². The quantitative estimate of drug-likeness (QED) is 0.801. The molecular weight excluding hydrogens is 348 g/mol. The summed E-state index contributed by atoms with van der Waals surface area (Å²) in [6, 6.07) is 2.92. The van der Waals surface area contributed by atoms with E-state index in [4.69, 9.17) is 9.47 Å². The van der Waals surface area contributed by atoms with Gasteiger partial charge in [0, 0.05) is 18.7 Å². The van der Waals surface area contributed by atoms with Crippen molar-refractivity contribution in [1.29, 1.82) is 0 Å². The van der Waals surface area contributed by atoms with E-state index >= 15 is 0 Å². The maximum atomic E-state index is 12.6. The first kappa shape index (κ1) is 19.4. The van der Waals surface area contributed by atoms with Crippen LogP contribution in [0.4, 0.5) is 4.79 Å². The molecule has 2 heterocycles. The molecule has 0 spiro atoms. The van der Waals surface area contributed by atoms with Gasteiger partial charge in [-0.2, -0.15) is 0 Å². The first-order valence-electron chi connectivity index (χ1n) is 9.10. The summed E-state index contributed by atoms with van der Waals surface area (Å²) in [6.45, 7) is 9.80. The van der Waals surface area contributed by atoms with Crippen molar-refractivity contribution in [3.8, 4) is 0 Å². The van der Waals surface area contributed by atoms with Gasteiger partial charge in [0.15, 0.2) is 0 Å². The average Bonchev–Trinajstić information content (AvgIpc) is 2.95. The minimum Gasteiger partial charge on any atom is -0.457 e. The number of benzene rings is 1. The average molecular weight is 374 g/mol. The lowest BCUT2D eigenvalue weighted by molar-refractivity contribution is -0.120. The van der Waals surface area contributed by atoms with Crippen molar-refractivity contribution in [2.75, 3.05) is 13.1 Å². The van der Waals surface area contributed by atoms with Gasteiger partial charge in [0.25, 0.3) is 0 Å². The van der Waals surface area contributed by atoms with Crippen molar-refractivity contribution in [1.82, 2.24) is 10.2 Å². The van der Waals surface area contributed by atoms with Gasteiger partial charge < -0.3 is 14.4 Å². The Labute approximate surface area is 159 Å². The normalized spacial score (nSPS) is 22.3. The van der Waals surface area contributed by atoms with Crippen molar-refractivity contribution in [2.45, 2.75) is 58.9 Å². The second-order valence-corrected chi connectivity index (χ2v) is 8.15. The van der Waals surface area contributed by atoms with E-state index in [0.717, 1.165) is 16.7 Å². The Morgan fingerprint density at radius 2 is 1.96 bits per heavy atom. The highest BCUT2D eigenvalue weighted by molar-refractivity contribution is 5.94. The Bertz CT molecular complexity index is 796. The molecule has 2 aliphatic heterocycles. The third-order valence-electron chi connectivity index (χ3n) is 4.93. The zero-order valence-electron chi connectivity index (χ0n) is 16.4. The Kier molecular flexibility index (Phi) is 4.99. The van der Waals surface area contributed by atoms with Crippen LogP contribution >= 0.6 is 0 Å². The summed E-state index contributed by atoms with van der Waals surface area (Å²) in [5.41, 5.74) is 2.74. The summed E-state index contributed by atoms with van der Waals surface area (Å²) >= 11 is 0. The summed E-state index contributed by atoms with van der Waals surface area (Å²) in [6.07, 6.45) is -0.433. The Morgan fingerprint density at radius 3 is 2.59 bits per heavy atom. The van der Waals surface area contributed by atoms with Crippen LogP contribution in [0.5, 0.6) is 0 Å². The van der Waals surface area contributed by atoms with E-state index in [1.807, 2.05) is 33.8 Å². The smallest absolute Gasteiger partial charge is 0.410 e. The lowest BCUT2D eigenvalue weighted by Crippen LogP contribution is -2.57. The lowest BCUT2D eigenvalue weighted by Gasteiger charge is -2.39. The molecule has 1 aromatic carbocycles. The van der Waals surface area contributed by atoms with E-state index in [2.05, 4.69) is 5.32 Å². The topological polar surface area (TPSA) is 84.9 Å². The minimum atomic E-state index is -0.607. The van der Waals surface area contributed by atoms with Crippen LogP contribution in [-0.2, 0) is 20.9 Å². The predicted octanol–water partition coefficient (Wildman–Crippen LogP) is 2.50. The fraction of sp³-hybridized carbons (Fsp3) is 0.550. The van der Waals surface area contributed by atoms with E-state index in [0.29, 0.717) is 12.1 Å². The zero-order valence-corrected chi connectivity index (χ0v) is 16.4. The number of nitrogens with zero attached hydrogens (tertiary/aromatic N) is 1. The Morgan fingerprint density at radius 1 is 1.26 bits per heavy atom. The van der Waals surface area contributed by atoms with Crippen molar-refractivity contribution in [3.05, 3.63) is 34.4 Å². The van der Waals surface area contributed by atoms with Gasteiger partial charge in [-0.25, -0.2) is 9.59 Å². The largest absolute Gasteiger partial charge is 0.457 e. The van der Waals surface area contributed by atoms with Gasteiger partial charge in [-0.3, -0.25) is 10.1 Å². The molecule has 3 rings (SSSR count). The molecule has 1 aromatic rings. The molecule has 7 nitrogen and oxygen atoms in total. The van der Waals surface area contributed by atoms with Gasteiger partial charge in [-0.1, -0.05) is 6.07 Å². The van der Waals surface area contributed by atoms with E-state index in [9.17, 15) is 14.4 Å². The SMILES string of the molecule is CC(=O)C1CN(C(=O)OC(C)(C)C)CC(c2ccc3c(c2C)COC3=O)N1. The van der Waals surface area contributed by atoms with Crippen LogP contribution in [0.3, 0.4) is 0 Å². The number of ketones is 1. The number of carbonyl (C=O) groups excluding carboxylic acids is 3. The number of amides is 1. The summed E-state index contributed by atoms with van der Waals surface area (Å²) in [5.74, 6) is -0.348. The summed E-state index contributed by atoms with van der Waals surface area (Å²) < 4.78 is 10.6. The van der Waals surface area contributed by atoms with Crippen LogP contribution in [0.25, 0.3) is 0 Å². The molecular formula is C20H26N2O5. The monoisotopic (exact) mass is 374 g/mol. The van der Waals surface area contributed by atoms with Gasteiger partial charge in [-0.05, 0) is 51.8 Å². The van der Waals surface area contributed by atoms with E-state index in [-0.39, 0.29) is 30.9 Å². The Hall–Kier alpha value is -2.41. The highest BCUT2D eigenvalue weighted by atomic mass is 16.6. The molecule has 2 aliphatic rings. The molecule has 2 atom stereocenters. The van der Waals surface area contributed by atoms with Crippen LogP contribution in [0.2, 0.25) is 0 Å². The molecule has 1 saturated heterocycles. The number of cyclic esters (lactones) is 1.